The molecule has 30 heavy (non-hydrogen) atoms. The maximum absolute atomic E-state index is 6.08. The lowest BCUT2D eigenvalue weighted by Gasteiger charge is -2.23. The molecule has 2 bridgehead atoms. The Morgan fingerprint density at radius 1 is 1.20 bits per heavy atom. The Labute approximate surface area is 177 Å². The van der Waals surface area contributed by atoms with Gasteiger partial charge in [-0.25, -0.2) is 9.50 Å². The molecule has 7 heteroatoms. The van der Waals surface area contributed by atoms with Crippen molar-refractivity contribution in [3.05, 3.63) is 41.0 Å². The van der Waals surface area contributed by atoms with Gasteiger partial charge in [0.2, 0.25) is 0 Å². The van der Waals surface area contributed by atoms with Gasteiger partial charge in [0.15, 0.2) is 11.5 Å². The van der Waals surface area contributed by atoms with Crippen molar-refractivity contribution in [3.8, 4) is 6.01 Å². The van der Waals surface area contributed by atoms with Gasteiger partial charge in [0.25, 0.3) is 0 Å². The van der Waals surface area contributed by atoms with Crippen molar-refractivity contribution in [2.24, 2.45) is 11.8 Å². The van der Waals surface area contributed by atoms with Crippen molar-refractivity contribution in [2.45, 2.75) is 64.7 Å². The van der Waals surface area contributed by atoms with Gasteiger partial charge in [-0.05, 0) is 55.6 Å². The summed E-state index contributed by atoms with van der Waals surface area (Å²) in [5.74, 6) is 2.77. The van der Waals surface area contributed by atoms with Crippen LogP contribution >= 0.6 is 0 Å². The van der Waals surface area contributed by atoms with Crippen molar-refractivity contribution in [1.82, 2.24) is 24.6 Å². The third-order valence-corrected chi connectivity index (χ3v) is 6.82. The van der Waals surface area contributed by atoms with Crippen LogP contribution in [0.15, 0.2) is 18.5 Å². The molecule has 2 saturated carbocycles. The molecule has 0 saturated heterocycles. The molecule has 0 aromatic carbocycles. The van der Waals surface area contributed by atoms with Crippen molar-refractivity contribution in [2.75, 3.05) is 12.3 Å². The summed E-state index contributed by atoms with van der Waals surface area (Å²) in [6, 6.07) is 2.57. The quantitative estimate of drug-likeness (QED) is 0.595. The lowest BCUT2D eigenvalue weighted by molar-refractivity contribution is 0.280. The smallest absolute Gasteiger partial charge is 0.336 e. The number of fused-ring (bicyclic) bond motifs is 3. The van der Waals surface area contributed by atoms with E-state index in [1.54, 1.807) is 4.52 Å². The average molecular weight is 407 g/mol. The lowest BCUT2D eigenvalue weighted by Crippen LogP contribution is -2.12. The minimum atomic E-state index is 0.300. The second-order valence-corrected chi connectivity index (χ2v) is 8.97. The molecule has 3 atom stereocenters. The summed E-state index contributed by atoms with van der Waals surface area (Å²) in [7, 11) is 0. The molecule has 0 radical (unpaired) electrons. The second kappa shape index (κ2) is 7.85. The van der Waals surface area contributed by atoms with E-state index in [9.17, 15) is 0 Å². The molecule has 2 aliphatic rings. The molecule has 0 spiro atoms. The van der Waals surface area contributed by atoms with E-state index in [0.717, 1.165) is 35.9 Å². The number of imidazole rings is 1. The molecule has 2 N–H and O–H groups in total. The third-order valence-electron chi connectivity index (χ3n) is 6.82. The van der Waals surface area contributed by atoms with E-state index in [0.29, 0.717) is 36.4 Å². The van der Waals surface area contributed by atoms with Gasteiger partial charge in [0.05, 0.1) is 18.5 Å². The highest BCUT2D eigenvalue weighted by atomic mass is 16.5. The van der Waals surface area contributed by atoms with E-state index in [4.69, 9.17) is 15.5 Å². The minimum Gasteiger partial charge on any atom is -0.462 e. The molecule has 3 aromatic rings. The predicted octanol–water partition coefficient (Wildman–Crippen LogP) is 4.08. The number of hydrogen-bond acceptors (Lipinski definition) is 6. The SMILES string of the molecule is CCCCOc1nc(N)c2ncc(Cc3cnc(C4C[C@@H]5CC[C@H]4C5)c(C)c3)n2n1. The first-order chi connectivity index (χ1) is 14.6. The van der Waals surface area contributed by atoms with Crippen molar-refractivity contribution in [1.29, 1.82) is 0 Å². The zero-order chi connectivity index (χ0) is 20.7. The first kappa shape index (κ1) is 19.3. The van der Waals surface area contributed by atoms with Crippen LogP contribution in [0, 0.1) is 18.8 Å². The van der Waals surface area contributed by atoms with Gasteiger partial charge in [-0.3, -0.25) is 4.98 Å². The molecule has 2 fully saturated rings. The molecule has 3 aromatic heterocycles. The van der Waals surface area contributed by atoms with Crippen LogP contribution in [-0.4, -0.2) is 31.2 Å². The van der Waals surface area contributed by atoms with Gasteiger partial charge < -0.3 is 10.5 Å². The molecule has 7 nitrogen and oxygen atoms in total. The lowest BCUT2D eigenvalue weighted by atomic mass is 9.84. The number of nitrogens with two attached hydrogens (primary N) is 1. The van der Waals surface area contributed by atoms with Crippen LogP contribution in [-0.2, 0) is 6.42 Å². The number of nitrogens with zero attached hydrogens (tertiary/aromatic N) is 5. The Morgan fingerprint density at radius 2 is 2.10 bits per heavy atom. The zero-order valence-electron chi connectivity index (χ0n) is 17.8. The molecule has 0 amide bonds. The fraction of sp³-hybridized carbons (Fsp3) is 0.565. The van der Waals surface area contributed by atoms with Crippen molar-refractivity contribution < 1.29 is 4.74 Å². The van der Waals surface area contributed by atoms with Crippen LogP contribution < -0.4 is 10.5 Å². The first-order valence-electron chi connectivity index (χ1n) is 11.2. The Bertz CT molecular complexity index is 1060. The van der Waals surface area contributed by atoms with Crippen LogP contribution in [0.5, 0.6) is 6.01 Å². The van der Waals surface area contributed by atoms with Gasteiger partial charge in [-0.2, -0.15) is 4.98 Å². The van der Waals surface area contributed by atoms with Gasteiger partial charge >= 0.3 is 6.01 Å². The van der Waals surface area contributed by atoms with E-state index in [1.807, 2.05) is 12.4 Å². The molecular weight excluding hydrogens is 376 g/mol. The number of aryl methyl sites for hydroxylation is 1. The standard InChI is InChI=1S/C23H30N6O/c1-3-4-7-30-23-27-21(24)22-26-13-18(29(22)28-23)10-16-8-14(2)20(25-12-16)19-11-15-5-6-17(19)9-15/h8,12-13,15,17,19H,3-7,9-11H2,1-2H3,(H2,24,27,28)/t15-,17+,19?/m1/s1. The number of ether oxygens (including phenoxy) is 1. The number of pyridine rings is 1. The summed E-state index contributed by atoms with van der Waals surface area (Å²) in [6.07, 6.45) is 12.1. The van der Waals surface area contributed by atoms with Crippen LogP contribution in [0.2, 0.25) is 0 Å². The number of nitrogen functional groups attached to an aromatic ring is 1. The van der Waals surface area contributed by atoms with E-state index in [-0.39, 0.29) is 0 Å². The summed E-state index contributed by atoms with van der Waals surface area (Å²) in [6.45, 7) is 4.90. The average Bonchev–Trinajstić information content (AvgIpc) is 3.45. The maximum Gasteiger partial charge on any atom is 0.336 e. The topological polar surface area (TPSA) is 91.2 Å². The number of anilines is 1. The molecular formula is C23H30N6O. The fourth-order valence-corrected chi connectivity index (χ4v) is 5.33. The molecule has 158 valence electrons. The van der Waals surface area contributed by atoms with Gasteiger partial charge in [-0.15, -0.1) is 5.10 Å². The van der Waals surface area contributed by atoms with E-state index in [2.05, 4.69) is 35.0 Å². The van der Waals surface area contributed by atoms with Crippen LogP contribution in [0.1, 0.15) is 73.9 Å². The monoisotopic (exact) mass is 406 g/mol. The minimum absolute atomic E-state index is 0.300. The second-order valence-electron chi connectivity index (χ2n) is 8.97. The fourth-order valence-electron chi connectivity index (χ4n) is 5.33. The summed E-state index contributed by atoms with van der Waals surface area (Å²) in [5, 5.41) is 4.51. The molecule has 0 aliphatic heterocycles. The van der Waals surface area contributed by atoms with Gasteiger partial charge in [-0.1, -0.05) is 25.8 Å². The Hall–Kier alpha value is -2.70. The summed E-state index contributed by atoms with van der Waals surface area (Å²) < 4.78 is 7.42. The highest BCUT2D eigenvalue weighted by Gasteiger charge is 2.41. The molecule has 5 rings (SSSR count). The largest absolute Gasteiger partial charge is 0.462 e. The Balaban J connectivity index is 1.38. The third kappa shape index (κ3) is 3.50. The first-order valence-corrected chi connectivity index (χ1v) is 11.2. The maximum atomic E-state index is 6.08. The summed E-state index contributed by atoms with van der Waals surface area (Å²) in [5.41, 5.74) is 11.4. The molecule has 1 unspecified atom stereocenters. The number of rotatable bonds is 7. The van der Waals surface area contributed by atoms with E-state index < -0.39 is 0 Å². The van der Waals surface area contributed by atoms with Crippen LogP contribution in [0.3, 0.4) is 0 Å². The molecule has 2 aliphatic carbocycles. The van der Waals surface area contributed by atoms with E-state index in [1.165, 1.54) is 36.9 Å². The summed E-state index contributed by atoms with van der Waals surface area (Å²) >= 11 is 0. The molecule has 3 heterocycles. The van der Waals surface area contributed by atoms with E-state index >= 15 is 0 Å². The zero-order valence-corrected chi connectivity index (χ0v) is 17.8. The highest BCUT2D eigenvalue weighted by Crippen LogP contribution is 2.52. The van der Waals surface area contributed by atoms with Crippen molar-refractivity contribution >= 4 is 11.5 Å². The highest BCUT2D eigenvalue weighted by molar-refractivity contribution is 5.59. The van der Waals surface area contributed by atoms with Crippen molar-refractivity contribution in [3.63, 3.8) is 0 Å². The van der Waals surface area contributed by atoms with Gasteiger partial charge in [0, 0.05) is 24.2 Å². The Kier molecular flexibility index (Phi) is 5.05. The number of hydrogen-bond donors (Lipinski definition) is 1. The normalized spacial score (nSPS) is 22.8. The van der Waals surface area contributed by atoms with Crippen LogP contribution in [0.25, 0.3) is 5.65 Å². The van der Waals surface area contributed by atoms with Gasteiger partial charge in [0.1, 0.15) is 0 Å². The van der Waals surface area contributed by atoms with Crippen LogP contribution in [0.4, 0.5) is 5.82 Å². The number of aromatic nitrogens is 5. The predicted molar refractivity (Wildman–Crippen MR) is 116 cm³/mol. The summed E-state index contributed by atoms with van der Waals surface area (Å²) in [4.78, 5) is 13.6. The Morgan fingerprint density at radius 3 is 2.83 bits per heavy atom. The number of unbranched alkanes of at least 4 members (excludes halogenated alkanes) is 1.